The van der Waals surface area contributed by atoms with Gasteiger partial charge < -0.3 is 25.5 Å². The first-order valence-corrected chi connectivity index (χ1v) is 4.97. The molecule has 0 bridgehead atoms. The highest BCUT2D eigenvalue weighted by molar-refractivity contribution is 5.67. The van der Waals surface area contributed by atoms with E-state index in [4.69, 9.17) is 0 Å². The highest BCUT2D eigenvalue weighted by Crippen LogP contribution is 2.16. The predicted octanol–water partition coefficient (Wildman–Crippen LogP) is 0.476. The van der Waals surface area contributed by atoms with Crippen molar-refractivity contribution in [2.24, 2.45) is 0 Å². The number of carbonyl (C=O) groups is 1. The van der Waals surface area contributed by atoms with Crippen molar-refractivity contribution in [1.82, 2.24) is 15.3 Å². The summed E-state index contributed by atoms with van der Waals surface area (Å²) in [5, 5.41) is 15.7. The van der Waals surface area contributed by atoms with Crippen LogP contribution in [0.25, 0.3) is 0 Å². The SMILES string of the molecule is CCOC(=O)NCCNc1nc[nH]c1[N+](=O)[O-]. The molecule has 1 aromatic rings. The summed E-state index contributed by atoms with van der Waals surface area (Å²) in [6.45, 7) is 2.59. The molecule has 1 aromatic heterocycles. The van der Waals surface area contributed by atoms with Crippen molar-refractivity contribution in [3.05, 3.63) is 16.4 Å². The van der Waals surface area contributed by atoms with Crippen LogP contribution in [0.5, 0.6) is 0 Å². The molecule has 0 spiro atoms. The van der Waals surface area contributed by atoms with Gasteiger partial charge in [-0.15, -0.1) is 0 Å². The van der Waals surface area contributed by atoms with Gasteiger partial charge in [0.2, 0.25) is 5.82 Å². The standard InChI is InChI=1S/C8H13N5O4/c1-2-17-8(14)10-4-3-9-6-7(13(15)16)12-5-11-6/h5,9H,2-4H2,1H3,(H,10,14)(H,11,12). The van der Waals surface area contributed by atoms with E-state index in [1.165, 1.54) is 6.33 Å². The van der Waals surface area contributed by atoms with E-state index in [0.29, 0.717) is 13.2 Å². The minimum absolute atomic E-state index is 0.139. The molecule has 0 aliphatic rings. The third-order valence-corrected chi connectivity index (χ3v) is 1.76. The maximum Gasteiger partial charge on any atom is 0.407 e. The zero-order valence-electron chi connectivity index (χ0n) is 9.23. The Balaban J connectivity index is 2.29. The van der Waals surface area contributed by atoms with E-state index in [0.717, 1.165) is 0 Å². The van der Waals surface area contributed by atoms with Gasteiger partial charge in [-0.25, -0.2) is 9.78 Å². The molecule has 3 N–H and O–H groups in total. The first-order valence-electron chi connectivity index (χ1n) is 4.97. The monoisotopic (exact) mass is 243 g/mol. The number of aromatic amines is 1. The Morgan fingerprint density at radius 2 is 2.41 bits per heavy atom. The minimum Gasteiger partial charge on any atom is -0.450 e. The number of ether oxygens (including phenoxy) is 1. The van der Waals surface area contributed by atoms with Crippen LogP contribution in [0.4, 0.5) is 16.4 Å². The van der Waals surface area contributed by atoms with Crippen LogP contribution in [-0.2, 0) is 4.74 Å². The number of hydrogen-bond donors (Lipinski definition) is 3. The van der Waals surface area contributed by atoms with E-state index in [-0.39, 0.29) is 18.2 Å². The smallest absolute Gasteiger partial charge is 0.407 e. The molecule has 1 rings (SSSR count). The van der Waals surface area contributed by atoms with Crippen molar-refractivity contribution in [2.45, 2.75) is 6.92 Å². The molecular formula is C8H13N5O4. The molecule has 17 heavy (non-hydrogen) atoms. The molecule has 0 unspecified atom stereocenters. The molecule has 9 heteroatoms. The number of anilines is 1. The Morgan fingerprint density at radius 3 is 3.06 bits per heavy atom. The van der Waals surface area contributed by atoms with Crippen LogP contribution in [0.15, 0.2) is 6.33 Å². The summed E-state index contributed by atoms with van der Waals surface area (Å²) in [4.78, 5) is 27.0. The van der Waals surface area contributed by atoms with Crippen molar-refractivity contribution in [3.63, 3.8) is 0 Å². The van der Waals surface area contributed by atoms with Gasteiger partial charge in [-0.05, 0) is 11.8 Å². The predicted molar refractivity (Wildman–Crippen MR) is 58.8 cm³/mol. The summed E-state index contributed by atoms with van der Waals surface area (Å²) >= 11 is 0. The van der Waals surface area contributed by atoms with Gasteiger partial charge in [-0.3, -0.25) is 0 Å². The van der Waals surface area contributed by atoms with Crippen molar-refractivity contribution >= 4 is 17.7 Å². The molecule has 9 nitrogen and oxygen atoms in total. The lowest BCUT2D eigenvalue weighted by Gasteiger charge is -2.05. The van der Waals surface area contributed by atoms with Crippen molar-refractivity contribution in [2.75, 3.05) is 25.0 Å². The number of nitro groups is 1. The number of nitrogens with zero attached hydrogens (tertiary/aromatic N) is 2. The molecule has 1 heterocycles. The first-order chi connectivity index (χ1) is 8.15. The highest BCUT2D eigenvalue weighted by atomic mass is 16.6. The Kier molecular flexibility index (Phi) is 4.73. The number of amides is 1. The zero-order valence-corrected chi connectivity index (χ0v) is 9.23. The van der Waals surface area contributed by atoms with E-state index >= 15 is 0 Å². The third-order valence-electron chi connectivity index (χ3n) is 1.76. The van der Waals surface area contributed by atoms with Gasteiger partial charge in [-0.2, -0.15) is 4.98 Å². The lowest BCUT2D eigenvalue weighted by atomic mass is 10.5. The van der Waals surface area contributed by atoms with Crippen LogP contribution in [0, 0.1) is 10.1 Å². The van der Waals surface area contributed by atoms with Crippen LogP contribution in [0.3, 0.4) is 0 Å². The zero-order chi connectivity index (χ0) is 12.7. The molecule has 1 amide bonds. The molecule has 0 radical (unpaired) electrons. The number of alkyl carbamates (subject to hydrolysis) is 1. The summed E-state index contributed by atoms with van der Waals surface area (Å²) < 4.78 is 4.63. The summed E-state index contributed by atoms with van der Waals surface area (Å²) in [6.07, 6.45) is 0.699. The average molecular weight is 243 g/mol. The van der Waals surface area contributed by atoms with Crippen molar-refractivity contribution < 1.29 is 14.5 Å². The summed E-state index contributed by atoms with van der Waals surface area (Å²) in [5.41, 5.74) is 0. The fraction of sp³-hybridized carbons (Fsp3) is 0.500. The number of nitrogens with one attached hydrogen (secondary N) is 3. The van der Waals surface area contributed by atoms with Gasteiger partial charge in [0, 0.05) is 13.1 Å². The second-order valence-electron chi connectivity index (χ2n) is 2.93. The molecule has 0 saturated heterocycles. The third kappa shape index (κ3) is 3.97. The van der Waals surface area contributed by atoms with Crippen LogP contribution < -0.4 is 10.6 Å². The van der Waals surface area contributed by atoms with Gasteiger partial charge in [-0.1, -0.05) is 0 Å². The van der Waals surface area contributed by atoms with E-state index in [1.807, 2.05) is 0 Å². The van der Waals surface area contributed by atoms with E-state index in [2.05, 4.69) is 25.3 Å². The van der Waals surface area contributed by atoms with Crippen LogP contribution in [0.1, 0.15) is 6.92 Å². The molecule has 94 valence electrons. The van der Waals surface area contributed by atoms with Crippen LogP contribution in [-0.4, -0.2) is 40.7 Å². The van der Waals surface area contributed by atoms with E-state index in [1.54, 1.807) is 6.92 Å². The van der Waals surface area contributed by atoms with Crippen molar-refractivity contribution in [3.8, 4) is 0 Å². The summed E-state index contributed by atoms with van der Waals surface area (Å²) in [5.74, 6) is -0.0678. The second kappa shape index (κ2) is 6.30. The first kappa shape index (κ1) is 12.7. The number of aromatic nitrogens is 2. The van der Waals surface area contributed by atoms with Crippen LogP contribution >= 0.6 is 0 Å². The second-order valence-corrected chi connectivity index (χ2v) is 2.93. The topological polar surface area (TPSA) is 122 Å². The molecule has 0 saturated carbocycles. The maximum absolute atomic E-state index is 10.9. The lowest BCUT2D eigenvalue weighted by molar-refractivity contribution is -0.388. The quantitative estimate of drug-likeness (QED) is 0.379. The van der Waals surface area contributed by atoms with Crippen LogP contribution in [0.2, 0.25) is 0 Å². The maximum atomic E-state index is 10.9. The van der Waals surface area contributed by atoms with E-state index < -0.39 is 11.0 Å². The Morgan fingerprint density at radius 1 is 1.65 bits per heavy atom. The molecular weight excluding hydrogens is 230 g/mol. The average Bonchev–Trinajstić information content (AvgIpc) is 2.73. The van der Waals surface area contributed by atoms with Gasteiger partial charge in [0.1, 0.15) is 0 Å². The number of carbonyl (C=O) groups excluding carboxylic acids is 1. The van der Waals surface area contributed by atoms with Gasteiger partial charge >= 0.3 is 11.9 Å². The molecule has 0 aliphatic carbocycles. The molecule has 0 atom stereocenters. The fourth-order valence-corrected chi connectivity index (χ4v) is 1.08. The lowest BCUT2D eigenvalue weighted by Crippen LogP contribution is -2.29. The summed E-state index contributed by atoms with van der Waals surface area (Å²) in [6, 6.07) is 0. The number of imidazole rings is 1. The number of H-pyrrole nitrogens is 1. The molecule has 0 aromatic carbocycles. The van der Waals surface area contributed by atoms with E-state index in [9.17, 15) is 14.9 Å². The summed E-state index contributed by atoms with van der Waals surface area (Å²) in [7, 11) is 0. The Hall–Kier alpha value is -2.32. The highest BCUT2D eigenvalue weighted by Gasteiger charge is 2.14. The molecule has 0 aliphatic heterocycles. The van der Waals surface area contributed by atoms with Crippen molar-refractivity contribution in [1.29, 1.82) is 0 Å². The fourth-order valence-electron chi connectivity index (χ4n) is 1.08. The Labute approximate surface area is 96.7 Å². The van der Waals surface area contributed by atoms with Gasteiger partial charge in [0.25, 0.3) is 0 Å². The van der Waals surface area contributed by atoms with Gasteiger partial charge in [0.15, 0.2) is 6.33 Å². The number of hydrogen-bond acceptors (Lipinski definition) is 6. The Bertz CT molecular complexity index is 391. The molecule has 0 fully saturated rings. The van der Waals surface area contributed by atoms with Gasteiger partial charge in [0.05, 0.1) is 6.61 Å². The normalized spacial score (nSPS) is 9.71. The number of rotatable bonds is 6. The largest absolute Gasteiger partial charge is 0.450 e. The minimum atomic E-state index is -0.575.